The van der Waals surface area contributed by atoms with Crippen LogP contribution in [-0.4, -0.2) is 16.1 Å². The Morgan fingerprint density at radius 2 is 2.31 bits per heavy atom. The molecular weight excluding hydrogens is 226 g/mol. The van der Waals surface area contributed by atoms with Gasteiger partial charge in [-0.1, -0.05) is 13.3 Å². The molecule has 0 saturated heterocycles. The van der Waals surface area contributed by atoms with Gasteiger partial charge in [0, 0.05) is 16.8 Å². The second-order valence-corrected chi connectivity index (χ2v) is 4.45. The van der Waals surface area contributed by atoms with Crippen molar-refractivity contribution in [3.63, 3.8) is 0 Å². The van der Waals surface area contributed by atoms with E-state index >= 15 is 0 Å². The van der Waals surface area contributed by atoms with Crippen molar-refractivity contribution in [2.75, 3.05) is 0 Å². The Bertz CT molecular complexity index is 597. The number of hydrogen-bond donors (Lipinski definition) is 2. The molecule has 0 fully saturated rings. The SMILES string of the molecule is CCCc1cc(=O)[nH]c2c(C(=O)O)scc12. The Labute approximate surface area is 95.6 Å². The number of aromatic amines is 1. The molecule has 84 valence electrons. The van der Waals surface area contributed by atoms with Gasteiger partial charge in [-0.2, -0.15) is 0 Å². The Morgan fingerprint density at radius 1 is 1.56 bits per heavy atom. The number of carboxylic acids is 1. The summed E-state index contributed by atoms with van der Waals surface area (Å²) in [4.78, 5) is 25.1. The molecule has 0 aliphatic carbocycles. The molecule has 5 heteroatoms. The zero-order valence-corrected chi connectivity index (χ0v) is 9.56. The van der Waals surface area contributed by atoms with Crippen LogP contribution in [0.1, 0.15) is 28.6 Å². The molecule has 0 unspecified atom stereocenters. The first-order valence-electron chi connectivity index (χ1n) is 5.00. The summed E-state index contributed by atoms with van der Waals surface area (Å²) in [7, 11) is 0. The molecule has 0 spiro atoms. The van der Waals surface area contributed by atoms with Crippen LogP contribution in [0.5, 0.6) is 0 Å². The fourth-order valence-corrected chi connectivity index (χ4v) is 2.63. The molecule has 2 aromatic rings. The van der Waals surface area contributed by atoms with E-state index in [1.54, 1.807) is 11.4 Å². The molecule has 16 heavy (non-hydrogen) atoms. The largest absolute Gasteiger partial charge is 0.477 e. The summed E-state index contributed by atoms with van der Waals surface area (Å²) in [6.07, 6.45) is 1.72. The number of thiophene rings is 1. The Balaban J connectivity index is 2.75. The number of aromatic nitrogens is 1. The minimum Gasteiger partial charge on any atom is -0.477 e. The molecule has 2 rings (SSSR count). The zero-order chi connectivity index (χ0) is 11.7. The highest BCUT2D eigenvalue weighted by Gasteiger charge is 2.14. The predicted molar refractivity (Wildman–Crippen MR) is 63.4 cm³/mol. The van der Waals surface area contributed by atoms with E-state index in [2.05, 4.69) is 4.98 Å². The maximum Gasteiger partial charge on any atom is 0.348 e. The molecule has 2 heterocycles. The topological polar surface area (TPSA) is 70.2 Å². The number of nitrogens with one attached hydrogen (secondary N) is 1. The van der Waals surface area contributed by atoms with E-state index in [9.17, 15) is 9.59 Å². The molecule has 4 nitrogen and oxygen atoms in total. The number of hydrogen-bond acceptors (Lipinski definition) is 3. The first kappa shape index (κ1) is 10.9. The van der Waals surface area contributed by atoms with Crippen LogP contribution in [0.4, 0.5) is 0 Å². The lowest BCUT2D eigenvalue weighted by atomic mass is 10.1. The highest BCUT2D eigenvalue weighted by atomic mass is 32.1. The number of aryl methyl sites for hydroxylation is 1. The van der Waals surface area contributed by atoms with Gasteiger partial charge in [0.25, 0.3) is 0 Å². The Kier molecular flexibility index (Phi) is 2.78. The van der Waals surface area contributed by atoms with Crippen LogP contribution >= 0.6 is 11.3 Å². The normalized spacial score (nSPS) is 10.8. The summed E-state index contributed by atoms with van der Waals surface area (Å²) >= 11 is 1.15. The lowest BCUT2D eigenvalue weighted by molar-refractivity contribution is 0.0704. The average Bonchev–Trinajstić information content (AvgIpc) is 2.61. The molecule has 0 atom stereocenters. The maximum absolute atomic E-state index is 11.4. The Morgan fingerprint density at radius 3 is 2.94 bits per heavy atom. The Hall–Kier alpha value is -1.62. The minimum atomic E-state index is -0.996. The molecule has 0 amide bonds. The third-order valence-electron chi connectivity index (χ3n) is 2.40. The van der Waals surface area contributed by atoms with Crippen LogP contribution in [0.2, 0.25) is 0 Å². The highest BCUT2D eigenvalue weighted by Crippen LogP contribution is 2.26. The zero-order valence-electron chi connectivity index (χ0n) is 8.74. The van der Waals surface area contributed by atoms with Crippen molar-refractivity contribution in [3.05, 3.63) is 32.2 Å². The molecule has 0 aliphatic heterocycles. The summed E-state index contributed by atoms with van der Waals surface area (Å²) in [5.74, 6) is -0.996. The molecule has 0 aliphatic rings. The average molecular weight is 237 g/mol. The fourth-order valence-electron chi connectivity index (χ4n) is 1.75. The van der Waals surface area contributed by atoms with E-state index in [1.165, 1.54) is 0 Å². The number of rotatable bonds is 3. The van der Waals surface area contributed by atoms with Gasteiger partial charge < -0.3 is 10.1 Å². The summed E-state index contributed by atoms with van der Waals surface area (Å²) in [5, 5.41) is 11.6. The van der Waals surface area contributed by atoms with Gasteiger partial charge in [-0.05, 0) is 12.0 Å². The van der Waals surface area contributed by atoms with Gasteiger partial charge in [0.2, 0.25) is 5.56 Å². The van der Waals surface area contributed by atoms with Crippen LogP contribution in [0, 0.1) is 0 Å². The highest BCUT2D eigenvalue weighted by molar-refractivity contribution is 7.13. The van der Waals surface area contributed by atoms with E-state index in [-0.39, 0.29) is 10.4 Å². The summed E-state index contributed by atoms with van der Waals surface area (Å²) in [6, 6.07) is 1.55. The summed E-state index contributed by atoms with van der Waals surface area (Å²) < 4.78 is 0. The van der Waals surface area contributed by atoms with Gasteiger partial charge in [0.05, 0.1) is 5.52 Å². The molecule has 0 saturated carbocycles. The molecule has 2 N–H and O–H groups in total. The van der Waals surface area contributed by atoms with Crippen molar-refractivity contribution in [1.29, 1.82) is 0 Å². The van der Waals surface area contributed by atoms with Crippen molar-refractivity contribution < 1.29 is 9.90 Å². The lowest BCUT2D eigenvalue weighted by Gasteiger charge is -2.00. The molecule has 0 bridgehead atoms. The molecule has 0 aromatic carbocycles. The van der Waals surface area contributed by atoms with E-state index in [1.807, 2.05) is 6.92 Å². The van der Waals surface area contributed by atoms with Gasteiger partial charge in [0.15, 0.2) is 0 Å². The van der Waals surface area contributed by atoms with Gasteiger partial charge >= 0.3 is 5.97 Å². The monoisotopic (exact) mass is 237 g/mol. The number of carboxylic acid groups (broad SMARTS) is 1. The van der Waals surface area contributed by atoms with E-state index < -0.39 is 5.97 Å². The van der Waals surface area contributed by atoms with Crippen LogP contribution in [0.3, 0.4) is 0 Å². The van der Waals surface area contributed by atoms with Crippen molar-refractivity contribution >= 4 is 28.2 Å². The first-order chi connectivity index (χ1) is 7.63. The summed E-state index contributed by atoms with van der Waals surface area (Å²) in [5.41, 5.74) is 1.13. The third kappa shape index (κ3) is 1.74. The number of H-pyrrole nitrogens is 1. The van der Waals surface area contributed by atoms with Crippen LogP contribution in [0.15, 0.2) is 16.2 Å². The van der Waals surface area contributed by atoms with Gasteiger partial charge in [-0.15, -0.1) is 11.3 Å². The first-order valence-corrected chi connectivity index (χ1v) is 5.88. The molecule has 0 radical (unpaired) electrons. The maximum atomic E-state index is 11.4. The van der Waals surface area contributed by atoms with Crippen molar-refractivity contribution in [2.24, 2.45) is 0 Å². The molecule has 2 aromatic heterocycles. The summed E-state index contributed by atoms with van der Waals surface area (Å²) in [6.45, 7) is 2.03. The smallest absolute Gasteiger partial charge is 0.348 e. The second kappa shape index (κ2) is 4.09. The van der Waals surface area contributed by atoms with E-state index in [0.29, 0.717) is 5.52 Å². The third-order valence-corrected chi connectivity index (χ3v) is 3.37. The van der Waals surface area contributed by atoms with Gasteiger partial charge in [-0.3, -0.25) is 4.79 Å². The van der Waals surface area contributed by atoms with Gasteiger partial charge in [0.1, 0.15) is 4.88 Å². The van der Waals surface area contributed by atoms with E-state index in [4.69, 9.17) is 5.11 Å². The van der Waals surface area contributed by atoms with Crippen LogP contribution in [0.25, 0.3) is 10.9 Å². The van der Waals surface area contributed by atoms with Crippen LogP contribution in [-0.2, 0) is 6.42 Å². The van der Waals surface area contributed by atoms with Crippen molar-refractivity contribution in [3.8, 4) is 0 Å². The van der Waals surface area contributed by atoms with Crippen molar-refractivity contribution in [1.82, 2.24) is 4.98 Å². The van der Waals surface area contributed by atoms with Crippen molar-refractivity contribution in [2.45, 2.75) is 19.8 Å². The fraction of sp³-hybridized carbons (Fsp3) is 0.273. The number of aromatic carboxylic acids is 1. The number of pyridine rings is 1. The lowest BCUT2D eigenvalue weighted by Crippen LogP contribution is -2.07. The van der Waals surface area contributed by atoms with Gasteiger partial charge in [-0.25, -0.2) is 4.79 Å². The quantitative estimate of drug-likeness (QED) is 0.860. The minimum absolute atomic E-state index is 0.199. The molecular formula is C11H11NO3S. The predicted octanol–water partition coefficient (Wildman–Crippen LogP) is 2.24. The van der Waals surface area contributed by atoms with E-state index in [0.717, 1.165) is 35.1 Å². The second-order valence-electron chi connectivity index (χ2n) is 3.57. The number of fused-ring (bicyclic) bond motifs is 1. The van der Waals surface area contributed by atoms with Crippen LogP contribution < -0.4 is 5.56 Å². The number of carbonyl (C=O) groups is 1. The standard InChI is InChI=1S/C11H11NO3S/c1-2-3-6-4-8(13)12-9-7(6)5-16-10(9)11(14)15/h4-5H,2-3H2,1H3,(H,12,13)(H,14,15).